The average molecular weight is 561 g/mol. The number of nitrogens with zero attached hydrogens (tertiary/aromatic N) is 5. The number of ether oxygens (including phenoxy) is 1. The zero-order valence-electron chi connectivity index (χ0n) is 17.8. The first kappa shape index (κ1) is 24.2. The van der Waals surface area contributed by atoms with E-state index >= 15 is 0 Å². The van der Waals surface area contributed by atoms with E-state index in [0.29, 0.717) is 35.6 Å². The van der Waals surface area contributed by atoms with E-state index in [1.54, 1.807) is 0 Å². The van der Waals surface area contributed by atoms with Gasteiger partial charge in [0.2, 0.25) is 11.7 Å². The summed E-state index contributed by atoms with van der Waals surface area (Å²) in [4.78, 5) is 13.8. The maximum Gasteiger partial charge on any atom is 0.228 e. The van der Waals surface area contributed by atoms with Gasteiger partial charge in [0.25, 0.3) is 0 Å². The maximum atomic E-state index is 5.93. The Morgan fingerprint density at radius 2 is 2.00 bits per heavy atom. The quantitative estimate of drug-likeness (QED) is 0.331. The Labute approximate surface area is 205 Å². The molecule has 2 aliphatic heterocycles. The molecule has 0 spiro atoms. The van der Waals surface area contributed by atoms with Gasteiger partial charge in [-0.05, 0) is 36.6 Å². The molecule has 2 saturated heterocycles. The Hall–Kier alpha value is -1.43. The van der Waals surface area contributed by atoms with Crippen LogP contribution in [0.5, 0.6) is 0 Å². The van der Waals surface area contributed by atoms with Crippen molar-refractivity contribution < 1.29 is 9.26 Å². The summed E-state index contributed by atoms with van der Waals surface area (Å²) in [7, 11) is 1.84. The summed E-state index contributed by atoms with van der Waals surface area (Å²) in [6, 6.07) is 7.41. The number of morpholine rings is 1. The second-order valence-electron chi connectivity index (χ2n) is 7.76. The predicted octanol–water partition coefficient (Wildman–Crippen LogP) is 2.78. The fourth-order valence-electron chi connectivity index (χ4n) is 4.01. The third-order valence-electron chi connectivity index (χ3n) is 5.61. The van der Waals surface area contributed by atoms with Crippen LogP contribution in [-0.2, 0) is 11.2 Å². The smallest absolute Gasteiger partial charge is 0.228 e. The maximum absolute atomic E-state index is 5.93. The second-order valence-corrected chi connectivity index (χ2v) is 8.19. The minimum absolute atomic E-state index is 0. The standard InChI is InChI=1S/C21H29ClN6O2.HI/c1-23-21(28-9-7-16(15-28)14-27-10-12-29-13-11-27)24-8-6-19-25-20(26-30-19)17-2-4-18(22)5-3-17;/h2-5,16H,6-15H2,1H3,(H,23,24);1H. The molecule has 170 valence electrons. The number of hydrogen-bond donors (Lipinski definition) is 1. The lowest BCUT2D eigenvalue weighted by Crippen LogP contribution is -2.42. The fraction of sp³-hybridized carbons (Fsp3) is 0.571. The summed E-state index contributed by atoms with van der Waals surface area (Å²) in [5.74, 6) is 2.81. The molecule has 0 saturated carbocycles. The van der Waals surface area contributed by atoms with Gasteiger partial charge >= 0.3 is 0 Å². The lowest BCUT2D eigenvalue weighted by Gasteiger charge is -2.29. The van der Waals surface area contributed by atoms with Crippen LogP contribution in [-0.4, -0.2) is 85.4 Å². The molecular weight excluding hydrogens is 531 g/mol. The molecule has 2 aromatic rings. The van der Waals surface area contributed by atoms with Crippen molar-refractivity contribution in [1.29, 1.82) is 0 Å². The molecular formula is C21H30ClIN6O2. The average Bonchev–Trinajstić information content (AvgIpc) is 3.42. The number of benzene rings is 1. The number of halogens is 2. The topological polar surface area (TPSA) is 79.0 Å². The summed E-state index contributed by atoms with van der Waals surface area (Å²) in [5.41, 5.74) is 0.890. The van der Waals surface area contributed by atoms with Crippen molar-refractivity contribution in [2.24, 2.45) is 10.9 Å². The molecule has 3 heterocycles. The van der Waals surface area contributed by atoms with Crippen LogP contribution >= 0.6 is 35.6 Å². The van der Waals surface area contributed by atoms with Gasteiger partial charge in [-0.25, -0.2) is 0 Å². The summed E-state index contributed by atoms with van der Waals surface area (Å²) in [6.07, 6.45) is 1.84. The molecule has 0 radical (unpaired) electrons. The van der Waals surface area contributed by atoms with E-state index in [-0.39, 0.29) is 24.0 Å². The first-order valence-corrected chi connectivity index (χ1v) is 10.9. The Kier molecular flexibility index (Phi) is 9.36. The first-order chi connectivity index (χ1) is 14.7. The number of nitrogens with one attached hydrogen (secondary N) is 1. The Bertz CT molecular complexity index is 841. The van der Waals surface area contributed by atoms with E-state index in [2.05, 4.69) is 30.2 Å². The van der Waals surface area contributed by atoms with Gasteiger partial charge in [-0.3, -0.25) is 9.89 Å². The van der Waals surface area contributed by atoms with Crippen LogP contribution in [0, 0.1) is 5.92 Å². The zero-order chi connectivity index (χ0) is 20.8. The summed E-state index contributed by atoms with van der Waals surface area (Å²) in [6.45, 7) is 7.72. The van der Waals surface area contributed by atoms with Crippen LogP contribution in [0.4, 0.5) is 0 Å². The van der Waals surface area contributed by atoms with Crippen LogP contribution in [0.3, 0.4) is 0 Å². The molecule has 31 heavy (non-hydrogen) atoms. The SMILES string of the molecule is CN=C(NCCc1nc(-c2ccc(Cl)cc2)no1)N1CCC(CN2CCOCC2)C1.I. The fourth-order valence-corrected chi connectivity index (χ4v) is 4.14. The van der Waals surface area contributed by atoms with Gasteiger partial charge in [-0.2, -0.15) is 4.98 Å². The largest absolute Gasteiger partial charge is 0.379 e. The number of guanidine groups is 1. The number of rotatable bonds is 6. The van der Waals surface area contributed by atoms with E-state index < -0.39 is 0 Å². The van der Waals surface area contributed by atoms with E-state index in [9.17, 15) is 0 Å². The van der Waals surface area contributed by atoms with Gasteiger partial charge in [-0.15, -0.1) is 24.0 Å². The highest BCUT2D eigenvalue weighted by molar-refractivity contribution is 14.0. The van der Waals surface area contributed by atoms with Crippen molar-refractivity contribution in [2.45, 2.75) is 12.8 Å². The monoisotopic (exact) mass is 560 g/mol. The minimum atomic E-state index is 0. The molecule has 1 aromatic heterocycles. The molecule has 2 fully saturated rings. The van der Waals surface area contributed by atoms with E-state index in [1.165, 1.54) is 6.42 Å². The number of aliphatic imine (C=N–C) groups is 1. The van der Waals surface area contributed by atoms with Crippen LogP contribution in [0.1, 0.15) is 12.3 Å². The van der Waals surface area contributed by atoms with E-state index in [1.807, 2.05) is 31.3 Å². The molecule has 8 nitrogen and oxygen atoms in total. The molecule has 10 heteroatoms. The number of likely N-dealkylation sites (tertiary alicyclic amines) is 1. The molecule has 1 N–H and O–H groups in total. The summed E-state index contributed by atoms with van der Waals surface area (Å²) in [5, 5.41) is 8.19. The van der Waals surface area contributed by atoms with E-state index in [0.717, 1.165) is 57.5 Å². The van der Waals surface area contributed by atoms with Crippen molar-refractivity contribution in [3.63, 3.8) is 0 Å². The van der Waals surface area contributed by atoms with Gasteiger partial charge in [0.05, 0.1) is 13.2 Å². The highest BCUT2D eigenvalue weighted by Gasteiger charge is 2.27. The van der Waals surface area contributed by atoms with Crippen molar-refractivity contribution in [1.82, 2.24) is 25.3 Å². The third kappa shape index (κ3) is 6.77. The summed E-state index contributed by atoms with van der Waals surface area (Å²) >= 11 is 5.93. The van der Waals surface area contributed by atoms with Gasteiger partial charge in [0, 0.05) is 63.3 Å². The molecule has 0 aliphatic carbocycles. The van der Waals surface area contributed by atoms with Gasteiger partial charge in [0.15, 0.2) is 5.96 Å². The lowest BCUT2D eigenvalue weighted by atomic mass is 10.1. The molecule has 0 amide bonds. The number of aromatic nitrogens is 2. The van der Waals surface area contributed by atoms with Crippen LogP contribution in [0.2, 0.25) is 5.02 Å². The zero-order valence-corrected chi connectivity index (χ0v) is 20.9. The molecule has 0 bridgehead atoms. The molecule has 1 unspecified atom stereocenters. The third-order valence-corrected chi connectivity index (χ3v) is 5.86. The van der Waals surface area contributed by atoms with Crippen LogP contribution < -0.4 is 5.32 Å². The second kappa shape index (κ2) is 12.0. The minimum Gasteiger partial charge on any atom is -0.379 e. The molecule has 4 rings (SSSR count). The molecule has 2 aliphatic rings. The highest BCUT2D eigenvalue weighted by atomic mass is 127. The van der Waals surface area contributed by atoms with Crippen LogP contribution in [0.25, 0.3) is 11.4 Å². The summed E-state index contributed by atoms with van der Waals surface area (Å²) < 4.78 is 10.8. The molecule has 1 atom stereocenters. The Morgan fingerprint density at radius 1 is 1.23 bits per heavy atom. The van der Waals surface area contributed by atoms with Crippen molar-refractivity contribution in [3.05, 3.63) is 35.2 Å². The molecule has 1 aromatic carbocycles. The van der Waals surface area contributed by atoms with Gasteiger partial charge in [-0.1, -0.05) is 16.8 Å². The van der Waals surface area contributed by atoms with Crippen LogP contribution in [0.15, 0.2) is 33.8 Å². The van der Waals surface area contributed by atoms with Crippen molar-refractivity contribution >= 4 is 41.5 Å². The van der Waals surface area contributed by atoms with Crippen molar-refractivity contribution in [3.8, 4) is 11.4 Å². The lowest BCUT2D eigenvalue weighted by molar-refractivity contribution is 0.0315. The number of hydrogen-bond acceptors (Lipinski definition) is 6. The Balaban J connectivity index is 0.00000272. The highest BCUT2D eigenvalue weighted by Crippen LogP contribution is 2.19. The van der Waals surface area contributed by atoms with Gasteiger partial charge in [0.1, 0.15) is 0 Å². The normalized spacial score (nSPS) is 20.0. The van der Waals surface area contributed by atoms with Crippen molar-refractivity contribution in [2.75, 3.05) is 59.5 Å². The first-order valence-electron chi connectivity index (χ1n) is 10.6. The van der Waals surface area contributed by atoms with E-state index in [4.69, 9.17) is 20.9 Å². The van der Waals surface area contributed by atoms with Gasteiger partial charge < -0.3 is 19.5 Å². The Morgan fingerprint density at radius 3 is 2.74 bits per heavy atom. The predicted molar refractivity (Wildman–Crippen MR) is 132 cm³/mol.